The summed E-state index contributed by atoms with van der Waals surface area (Å²) in [7, 11) is 1.71. The van der Waals surface area contributed by atoms with Crippen molar-refractivity contribution in [1.82, 2.24) is 4.90 Å². The van der Waals surface area contributed by atoms with Crippen LogP contribution in [0.5, 0.6) is 5.75 Å². The van der Waals surface area contributed by atoms with Gasteiger partial charge in [-0.3, -0.25) is 0 Å². The van der Waals surface area contributed by atoms with Crippen LogP contribution < -0.4 is 4.74 Å². The number of hydrogen-bond acceptors (Lipinski definition) is 2. The van der Waals surface area contributed by atoms with Gasteiger partial charge in [0, 0.05) is 19.0 Å². The molecule has 0 bridgehead atoms. The van der Waals surface area contributed by atoms with Crippen molar-refractivity contribution in [2.75, 3.05) is 19.5 Å². The molecule has 3 heteroatoms. The van der Waals surface area contributed by atoms with Gasteiger partial charge in [-0.15, -0.1) is 11.6 Å². The zero-order valence-electron chi connectivity index (χ0n) is 10.2. The van der Waals surface area contributed by atoms with Crippen molar-refractivity contribution in [3.63, 3.8) is 0 Å². The third kappa shape index (κ3) is 3.16. The lowest BCUT2D eigenvalue weighted by Gasteiger charge is -2.25. The highest BCUT2D eigenvalue weighted by Gasteiger charge is 2.10. The van der Waals surface area contributed by atoms with Crippen molar-refractivity contribution < 1.29 is 4.74 Å². The Balaban J connectivity index is 2.01. The van der Waals surface area contributed by atoms with Crippen LogP contribution in [0.2, 0.25) is 0 Å². The fraction of sp³-hybridized carbons (Fsp3) is 0.429. The number of methoxy groups -OCH3 is 1. The molecule has 0 aromatic heterocycles. The molecule has 0 N–H and O–H groups in total. The summed E-state index contributed by atoms with van der Waals surface area (Å²) in [6.45, 7) is 2.03. The lowest BCUT2D eigenvalue weighted by atomic mass is 10.0. The third-order valence-corrected chi connectivity index (χ3v) is 3.28. The van der Waals surface area contributed by atoms with Crippen LogP contribution >= 0.6 is 11.6 Å². The second kappa shape index (κ2) is 5.97. The normalized spacial score (nSPS) is 13.6. The Bertz CT molecular complexity index is 403. The van der Waals surface area contributed by atoms with Crippen molar-refractivity contribution in [3.8, 4) is 5.75 Å². The molecule has 0 fully saturated rings. The maximum absolute atomic E-state index is 5.69. The lowest BCUT2D eigenvalue weighted by Crippen LogP contribution is -2.21. The van der Waals surface area contributed by atoms with Gasteiger partial charge in [0.15, 0.2) is 0 Å². The van der Waals surface area contributed by atoms with Gasteiger partial charge in [0.25, 0.3) is 0 Å². The minimum atomic E-state index is 0.752. The molecule has 1 aromatic rings. The summed E-state index contributed by atoms with van der Waals surface area (Å²) in [6, 6.07) is 6.24. The zero-order chi connectivity index (χ0) is 12.1. The van der Waals surface area contributed by atoms with E-state index in [1.54, 1.807) is 7.11 Å². The Morgan fingerprint density at radius 2 is 2.24 bits per heavy atom. The Morgan fingerprint density at radius 1 is 1.35 bits per heavy atom. The number of hydrogen-bond donors (Lipinski definition) is 0. The SMILES string of the molecule is COc1ccc2c(c1)CN(CCCCCl)C=C2. The fourth-order valence-corrected chi connectivity index (χ4v) is 2.22. The second-order valence-electron chi connectivity index (χ2n) is 4.25. The summed E-state index contributed by atoms with van der Waals surface area (Å²) in [6.07, 6.45) is 6.56. The molecular formula is C14H18ClNO. The van der Waals surface area contributed by atoms with E-state index in [1.807, 2.05) is 6.07 Å². The first kappa shape index (κ1) is 12.3. The van der Waals surface area contributed by atoms with Gasteiger partial charge >= 0.3 is 0 Å². The van der Waals surface area contributed by atoms with Crippen LogP contribution in [-0.4, -0.2) is 24.4 Å². The van der Waals surface area contributed by atoms with E-state index in [9.17, 15) is 0 Å². The van der Waals surface area contributed by atoms with Crippen molar-refractivity contribution in [3.05, 3.63) is 35.5 Å². The summed E-state index contributed by atoms with van der Waals surface area (Å²) in [5, 5.41) is 0. The molecule has 2 nitrogen and oxygen atoms in total. The van der Waals surface area contributed by atoms with E-state index in [0.717, 1.165) is 37.6 Å². The number of fused-ring (bicyclic) bond motifs is 1. The van der Waals surface area contributed by atoms with Crippen LogP contribution in [0.4, 0.5) is 0 Å². The molecule has 0 saturated heterocycles. The van der Waals surface area contributed by atoms with Crippen molar-refractivity contribution in [2.45, 2.75) is 19.4 Å². The quantitative estimate of drug-likeness (QED) is 0.587. The van der Waals surface area contributed by atoms with E-state index in [1.165, 1.54) is 11.1 Å². The molecule has 2 rings (SSSR count). The average Bonchev–Trinajstić information content (AvgIpc) is 2.38. The van der Waals surface area contributed by atoms with E-state index in [2.05, 4.69) is 29.3 Å². The molecule has 92 valence electrons. The Hall–Kier alpha value is -1.15. The van der Waals surface area contributed by atoms with Gasteiger partial charge in [-0.2, -0.15) is 0 Å². The van der Waals surface area contributed by atoms with Crippen LogP contribution in [0.15, 0.2) is 24.4 Å². The summed E-state index contributed by atoms with van der Waals surface area (Å²) in [5.74, 6) is 1.68. The van der Waals surface area contributed by atoms with Gasteiger partial charge in [-0.05, 0) is 48.4 Å². The molecule has 1 aromatic carbocycles. The van der Waals surface area contributed by atoms with E-state index in [-0.39, 0.29) is 0 Å². The maximum atomic E-state index is 5.69. The maximum Gasteiger partial charge on any atom is 0.119 e. The number of ether oxygens (including phenoxy) is 1. The largest absolute Gasteiger partial charge is 0.497 e. The molecule has 0 spiro atoms. The molecule has 1 heterocycles. The van der Waals surface area contributed by atoms with Gasteiger partial charge in [-0.25, -0.2) is 0 Å². The molecule has 0 aliphatic carbocycles. The molecule has 17 heavy (non-hydrogen) atoms. The van der Waals surface area contributed by atoms with E-state index in [0.29, 0.717) is 0 Å². The fourth-order valence-electron chi connectivity index (χ4n) is 2.03. The first-order valence-electron chi connectivity index (χ1n) is 5.98. The van der Waals surface area contributed by atoms with Crippen molar-refractivity contribution in [2.24, 2.45) is 0 Å². The molecule has 0 atom stereocenters. The zero-order valence-corrected chi connectivity index (χ0v) is 10.9. The number of unbranched alkanes of at least 4 members (excludes halogenated alkanes) is 1. The highest BCUT2D eigenvalue weighted by atomic mass is 35.5. The van der Waals surface area contributed by atoms with Crippen LogP contribution in [0.1, 0.15) is 24.0 Å². The Labute approximate surface area is 108 Å². The summed E-state index contributed by atoms with van der Waals surface area (Å²) in [5.41, 5.74) is 2.62. The monoisotopic (exact) mass is 251 g/mol. The lowest BCUT2D eigenvalue weighted by molar-refractivity contribution is 0.357. The van der Waals surface area contributed by atoms with Gasteiger partial charge < -0.3 is 9.64 Å². The van der Waals surface area contributed by atoms with Gasteiger partial charge in [0.05, 0.1) is 7.11 Å². The smallest absolute Gasteiger partial charge is 0.119 e. The molecule has 0 unspecified atom stereocenters. The van der Waals surface area contributed by atoms with Crippen molar-refractivity contribution in [1.29, 1.82) is 0 Å². The van der Waals surface area contributed by atoms with Crippen LogP contribution in [0.25, 0.3) is 6.08 Å². The summed E-state index contributed by atoms with van der Waals surface area (Å²) >= 11 is 5.69. The minimum absolute atomic E-state index is 0.752. The first-order chi connectivity index (χ1) is 8.33. The predicted octanol–water partition coefficient (Wildman–Crippen LogP) is 3.50. The minimum Gasteiger partial charge on any atom is -0.497 e. The van der Waals surface area contributed by atoms with Gasteiger partial charge in [-0.1, -0.05) is 6.07 Å². The highest BCUT2D eigenvalue weighted by Crippen LogP contribution is 2.24. The molecular weight excluding hydrogens is 234 g/mol. The third-order valence-electron chi connectivity index (χ3n) is 3.02. The summed E-state index contributed by atoms with van der Waals surface area (Å²) in [4.78, 5) is 2.33. The highest BCUT2D eigenvalue weighted by molar-refractivity contribution is 6.17. The Morgan fingerprint density at radius 3 is 3.00 bits per heavy atom. The number of benzene rings is 1. The molecule has 0 amide bonds. The number of alkyl halides is 1. The number of nitrogens with zero attached hydrogens (tertiary/aromatic N) is 1. The molecule has 1 aliphatic rings. The average molecular weight is 252 g/mol. The standard InChI is InChI=1S/C14H18ClNO/c1-17-14-5-4-12-6-9-16(8-3-2-7-15)11-13(12)10-14/h4-6,9-10H,2-3,7-8,11H2,1H3. The number of rotatable bonds is 5. The van der Waals surface area contributed by atoms with Crippen molar-refractivity contribution >= 4 is 17.7 Å². The van der Waals surface area contributed by atoms with Gasteiger partial charge in [0.1, 0.15) is 5.75 Å². The molecule has 1 aliphatic heterocycles. The van der Waals surface area contributed by atoms with E-state index >= 15 is 0 Å². The first-order valence-corrected chi connectivity index (χ1v) is 6.52. The van der Waals surface area contributed by atoms with E-state index < -0.39 is 0 Å². The van der Waals surface area contributed by atoms with Gasteiger partial charge in [0.2, 0.25) is 0 Å². The molecule has 0 saturated carbocycles. The number of halogens is 1. The van der Waals surface area contributed by atoms with Crippen LogP contribution in [0.3, 0.4) is 0 Å². The topological polar surface area (TPSA) is 12.5 Å². The second-order valence-corrected chi connectivity index (χ2v) is 4.63. The predicted molar refractivity (Wildman–Crippen MR) is 72.4 cm³/mol. The van der Waals surface area contributed by atoms with Crippen LogP contribution in [0, 0.1) is 0 Å². The molecule has 0 radical (unpaired) electrons. The summed E-state index contributed by atoms with van der Waals surface area (Å²) < 4.78 is 5.25. The Kier molecular flexibility index (Phi) is 4.32. The van der Waals surface area contributed by atoms with Crippen LogP contribution in [-0.2, 0) is 6.54 Å². The van der Waals surface area contributed by atoms with E-state index in [4.69, 9.17) is 16.3 Å².